The fraction of sp³-hybridized carbons (Fsp3) is 0.167. The molecule has 0 heterocycles. The monoisotopic (exact) mass is 360 g/mol. The summed E-state index contributed by atoms with van der Waals surface area (Å²) >= 11 is 35.6. The van der Waals surface area contributed by atoms with E-state index in [0.717, 1.165) is 10.8 Å². The van der Waals surface area contributed by atoms with Crippen LogP contribution in [-0.2, 0) is 7.59 Å². The fourth-order valence-corrected chi connectivity index (χ4v) is 2.79. The average molecular weight is 363 g/mol. The topological polar surface area (TPSA) is 0 Å². The Hall–Kier alpha value is 0.440. The Morgan fingerprint density at radius 3 is 1.17 bits per heavy atom. The van der Waals surface area contributed by atoms with E-state index < -0.39 is 7.59 Å². The number of fused-ring (bicyclic) bond motifs is 1. The molecule has 0 saturated carbocycles. The smallest absolute Gasteiger partial charge is 0.0784 e. The molecular formula is C12H6Cl6. The molecule has 18 heavy (non-hydrogen) atoms. The van der Waals surface area contributed by atoms with Crippen molar-refractivity contribution in [3.05, 3.63) is 47.5 Å². The summed E-state index contributed by atoms with van der Waals surface area (Å²) in [6.45, 7) is 0. The van der Waals surface area contributed by atoms with Crippen molar-refractivity contribution >= 4 is 80.4 Å². The van der Waals surface area contributed by atoms with Crippen molar-refractivity contribution in [1.82, 2.24) is 0 Å². The lowest BCUT2D eigenvalue weighted by Crippen LogP contribution is -2.05. The van der Waals surface area contributed by atoms with E-state index >= 15 is 0 Å². The molecule has 0 saturated heterocycles. The minimum absolute atomic E-state index is 0.557. The number of alkyl halides is 6. The zero-order valence-electron chi connectivity index (χ0n) is 8.73. The lowest BCUT2D eigenvalue weighted by molar-refractivity contribution is 1.25. The lowest BCUT2D eigenvalue weighted by atomic mass is 10.0. The highest BCUT2D eigenvalue weighted by molar-refractivity contribution is 6.68. The summed E-state index contributed by atoms with van der Waals surface area (Å²) in [4.78, 5) is 0. The Morgan fingerprint density at radius 2 is 0.889 bits per heavy atom. The molecule has 0 aliphatic rings. The summed E-state index contributed by atoms with van der Waals surface area (Å²) in [5.41, 5.74) is 1.11. The lowest BCUT2D eigenvalue weighted by Gasteiger charge is -2.18. The van der Waals surface area contributed by atoms with E-state index in [-0.39, 0.29) is 0 Å². The van der Waals surface area contributed by atoms with Gasteiger partial charge < -0.3 is 0 Å². The van der Waals surface area contributed by atoms with Gasteiger partial charge in [0.1, 0.15) is 0 Å². The van der Waals surface area contributed by atoms with Crippen LogP contribution < -0.4 is 0 Å². The minimum atomic E-state index is -1.52. The summed E-state index contributed by atoms with van der Waals surface area (Å²) in [6, 6.07) is 10.6. The second kappa shape index (κ2) is 5.09. The quantitative estimate of drug-likeness (QED) is 0.469. The molecule has 0 bridgehead atoms. The Kier molecular flexibility index (Phi) is 4.19. The Labute approximate surface area is 135 Å². The van der Waals surface area contributed by atoms with Crippen molar-refractivity contribution in [3.63, 3.8) is 0 Å². The van der Waals surface area contributed by atoms with E-state index in [2.05, 4.69) is 0 Å². The first kappa shape index (κ1) is 14.8. The van der Waals surface area contributed by atoms with Crippen molar-refractivity contribution in [1.29, 1.82) is 0 Å². The number of benzene rings is 2. The Morgan fingerprint density at radius 1 is 0.556 bits per heavy atom. The van der Waals surface area contributed by atoms with Crippen LogP contribution >= 0.6 is 69.6 Å². The van der Waals surface area contributed by atoms with Crippen molar-refractivity contribution < 1.29 is 0 Å². The first-order valence-electron chi connectivity index (χ1n) is 4.87. The maximum Gasteiger partial charge on any atom is 0.216 e. The molecule has 0 radical (unpaired) electrons. The molecule has 0 aromatic heterocycles. The maximum atomic E-state index is 5.94. The molecule has 0 nitrogen and oxygen atoms in total. The molecular weight excluding hydrogens is 357 g/mol. The van der Waals surface area contributed by atoms with Crippen LogP contribution in [-0.4, -0.2) is 0 Å². The molecule has 0 atom stereocenters. The number of rotatable bonds is 0. The highest BCUT2D eigenvalue weighted by Crippen LogP contribution is 2.46. The van der Waals surface area contributed by atoms with E-state index in [9.17, 15) is 0 Å². The van der Waals surface area contributed by atoms with Gasteiger partial charge in [-0.15, -0.1) is 0 Å². The van der Waals surface area contributed by atoms with Gasteiger partial charge in [-0.2, -0.15) is 0 Å². The van der Waals surface area contributed by atoms with Crippen LogP contribution in [0.4, 0.5) is 0 Å². The second-order valence-electron chi connectivity index (χ2n) is 3.70. The van der Waals surface area contributed by atoms with Gasteiger partial charge in [0, 0.05) is 11.1 Å². The molecule has 0 spiro atoms. The van der Waals surface area contributed by atoms with Crippen LogP contribution in [0.25, 0.3) is 10.8 Å². The number of hydrogen-bond donors (Lipinski definition) is 0. The number of halogens is 6. The molecule has 0 aliphatic heterocycles. The minimum Gasteiger partial charge on any atom is -0.0784 e. The highest BCUT2D eigenvalue weighted by Gasteiger charge is 2.29. The Balaban J connectivity index is 2.82. The van der Waals surface area contributed by atoms with Gasteiger partial charge in [-0.3, -0.25) is 0 Å². The van der Waals surface area contributed by atoms with E-state index in [0.29, 0.717) is 11.1 Å². The third-order valence-corrected chi connectivity index (χ3v) is 3.75. The van der Waals surface area contributed by atoms with Gasteiger partial charge in [0.2, 0.25) is 7.59 Å². The van der Waals surface area contributed by atoms with Gasteiger partial charge >= 0.3 is 0 Å². The van der Waals surface area contributed by atoms with Gasteiger partial charge in [0.05, 0.1) is 0 Å². The molecule has 2 aromatic rings. The molecule has 2 aromatic carbocycles. The second-order valence-corrected chi connectivity index (χ2v) is 8.26. The van der Waals surface area contributed by atoms with Gasteiger partial charge in [-0.25, -0.2) is 0 Å². The van der Waals surface area contributed by atoms with Crippen LogP contribution in [0.1, 0.15) is 11.1 Å². The third-order valence-electron chi connectivity index (χ3n) is 2.53. The molecule has 0 aliphatic carbocycles. The zero-order valence-corrected chi connectivity index (χ0v) is 13.3. The third kappa shape index (κ3) is 2.95. The summed E-state index contributed by atoms with van der Waals surface area (Å²) in [6.07, 6.45) is 0. The van der Waals surface area contributed by atoms with E-state index in [4.69, 9.17) is 69.6 Å². The van der Waals surface area contributed by atoms with E-state index in [1.807, 2.05) is 12.1 Å². The number of hydrogen-bond acceptors (Lipinski definition) is 0. The summed E-state index contributed by atoms with van der Waals surface area (Å²) in [5, 5.41) is 1.50. The SMILES string of the molecule is ClC(Cl)(Cl)c1cccc2c(C(Cl)(Cl)Cl)cccc12. The van der Waals surface area contributed by atoms with Crippen LogP contribution in [0.2, 0.25) is 0 Å². The van der Waals surface area contributed by atoms with Crippen molar-refractivity contribution in [2.24, 2.45) is 0 Å². The largest absolute Gasteiger partial charge is 0.216 e. The van der Waals surface area contributed by atoms with Gasteiger partial charge in [-0.1, -0.05) is 106 Å². The highest BCUT2D eigenvalue weighted by atomic mass is 35.6. The standard InChI is InChI=1S/C12H6Cl6/c13-11(14,15)9-5-1-3-7-8(9)4-2-6-10(7)12(16,17)18/h1-6H. The maximum absolute atomic E-state index is 5.94. The molecule has 6 heteroatoms. The zero-order chi connectivity index (χ0) is 13.6. The van der Waals surface area contributed by atoms with Gasteiger partial charge in [0.15, 0.2) is 0 Å². The predicted octanol–water partition coefficient (Wildman–Crippen LogP) is 6.49. The summed E-state index contributed by atoms with van der Waals surface area (Å²) in [7, 11) is 0. The Bertz CT molecular complexity index is 526. The molecule has 0 unspecified atom stereocenters. The van der Waals surface area contributed by atoms with Crippen LogP contribution in [0.5, 0.6) is 0 Å². The van der Waals surface area contributed by atoms with Crippen molar-refractivity contribution in [2.45, 2.75) is 7.59 Å². The van der Waals surface area contributed by atoms with Crippen LogP contribution in [0, 0.1) is 0 Å². The molecule has 0 N–H and O–H groups in total. The summed E-state index contributed by atoms with van der Waals surface area (Å²) in [5.74, 6) is 0. The van der Waals surface area contributed by atoms with E-state index in [1.165, 1.54) is 0 Å². The van der Waals surface area contributed by atoms with Crippen molar-refractivity contribution in [2.75, 3.05) is 0 Å². The van der Waals surface area contributed by atoms with Crippen molar-refractivity contribution in [3.8, 4) is 0 Å². The molecule has 96 valence electrons. The predicted molar refractivity (Wildman–Crippen MR) is 82.4 cm³/mol. The van der Waals surface area contributed by atoms with Crippen LogP contribution in [0.3, 0.4) is 0 Å². The first-order valence-corrected chi connectivity index (χ1v) is 7.14. The summed E-state index contributed by atoms with van der Waals surface area (Å²) < 4.78 is -3.04. The van der Waals surface area contributed by atoms with Gasteiger partial charge in [-0.05, 0) is 10.8 Å². The van der Waals surface area contributed by atoms with E-state index in [1.54, 1.807) is 24.3 Å². The molecule has 0 fully saturated rings. The first-order chi connectivity index (χ1) is 8.21. The van der Waals surface area contributed by atoms with Crippen LogP contribution in [0.15, 0.2) is 36.4 Å². The molecule has 0 amide bonds. The fourth-order valence-electron chi connectivity index (χ4n) is 1.80. The molecule has 2 rings (SSSR count). The normalized spacial score (nSPS) is 13.0. The average Bonchev–Trinajstić information content (AvgIpc) is 2.24. The van der Waals surface area contributed by atoms with Gasteiger partial charge in [0.25, 0.3) is 0 Å².